The molecule has 0 spiro atoms. The van der Waals surface area contributed by atoms with E-state index in [0.29, 0.717) is 29.4 Å². The zero-order valence-corrected chi connectivity index (χ0v) is 15.9. The second kappa shape index (κ2) is 7.84. The molecule has 0 saturated heterocycles. The first-order valence-corrected chi connectivity index (χ1v) is 10.2. The fraction of sp³-hybridized carbons (Fsp3) is 0.0476. The topological polar surface area (TPSA) is 85.1 Å². The number of benzene rings is 3. The molecule has 0 unspecified atom stereocenters. The highest BCUT2D eigenvalue weighted by Crippen LogP contribution is 2.21. The third kappa shape index (κ3) is 4.49. The lowest BCUT2D eigenvalue weighted by atomic mass is 10.1. The van der Waals surface area contributed by atoms with Crippen molar-refractivity contribution in [3.63, 3.8) is 0 Å². The van der Waals surface area contributed by atoms with E-state index < -0.39 is 10.0 Å². The Morgan fingerprint density at radius 2 is 1.59 bits per heavy atom. The minimum Gasteiger partial charge on any atom is -0.339 e. The van der Waals surface area contributed by atoms with Crippen LogP contribution in [0.3, 0.4) is 0 Å². The van der Waals surface area contributed by atoms with Crippen molar-refractivity contribution >= 4 is 15.7 Å². The lowest BCUT2D eigenvalue weighted by molar-refractivity contribution is 0.385. The Morgan fingerprint density at radius 1 is 0.897 bits per heavy atom. The van der Waals surface area contributed by atoms with Gasteiger partial charge in [-0.1, -0.05) is 35.5 Å². The van der Waals surface area contributed by atoms with Gasteiger partial charge in [-0.2, -0.15) is 4.98 Å². The molecule has 4 rings (SSSR count). The first-order chi connectivity index (χ1) is 14.0. The highest BCUT2D eigenvalue weighted by Gasteiger charge is 2.14. The Kier molecular flexibility index (Phi) is 5.09. The number of rotatable bonds is 6. The molecule has 0 radical (unpaired) electrons. The Balaban J connectivity index is 1.47. The van der Waals surface area contributed by atoms with Crippen molar-refractivity contribution in [2.75, 3.05) is 4.72 Å². The van der Waals surface area contributed by atoms with E-state index in [0.717, 1.165) is 5.56 Å². The maximum atomic E-state index is 13.0. The van der Waals surface area contributed by atoms with E-state index >= 15 is 0 Å². The van der Waals surface area contributed by atoms with Crippen LogP contribution in [0.25, 0.3) is 11.4 Å². The summed E-state index contributed by atoms with van der Waals surface area (Å²) in [6, 6.07) is 20.9. The summed E-state index contributed by atoms with van der Waals surface area (Å²) in [4.78, 5) is 4.53. The molecule has 0 aliphatic rings. The summed E-state index contributed by atoms with van der Waals surface area (Å²) in [5, 5.41) is 3.95. The zero-order valence-electron chi connectivity index (χ0n) is 15.1. The minimum atomic E-state index is -3.65. The number of nitrogens with one attached hydrogen (secondary N) is 1. The van der Waals surface area contributed by atoms with Crippen molar-refractivity contribution in [2.24, 2.45) is 0 Å². The van der Waals surface area contributed by atoms with E-state index in [1.54, 1.807) is 54.6 Å². The van der Waals surface area contributed by atoms with E-state index in [4.69, 9.17) is 4.52 Å². The second-order valence-electron chi connectivity index (χ2n) is 6.31. The van der Waals surface area contributed by atoms with E-state index in [2.05, 4.69) is 14.9 Å². The fourth-order valence-electron chi connectivity index (χ4n) is 2.72. The Labute approximate surface area is 167 Å². The minimum absolute atomic E-state index is 0.188. The molecule has 0 saturated carbocycles. The molecule has 0 aliphatic carbocycles. The van der Waals surface area contributed by atoms with Crippen LogP contribution in [0.2, 0.25) is 0 Å². The van der Waals surface area contributed by atoms with Gasteiger partial charge in [0.1, 0.15) is 5.82 Å². The van der Waals surface area contributed by atoms with Gasteiger partial charge in [-0.05, 0) is 54.1 Å². The first-order valence-electron chi connectivity index (χ1n) is 8.75. The van der Waals surface area contributed by atoms with Gasteiger partial charge in [0, 0.05) is 11.3 Å². The van der Waals surface area contributed by atoms with Crippen molar-refractivity contribution in [2.45, 2.75) is 11.3 Å². The lowest BCUT2D eigenvalue weighted by Crippen LogP contribution is -2.12. The number of nitrogens with zero attached hydrogens (tertiary/aromatic N) is 2. The van der Waals surface area contributed by atoms with E-state index in [9.17, 15) is 12.8 Å². The average molecular weight is 409 g/mol. The number of anilines is 1. The predicted molar refractivity (Wildman–Crippen MR) is 106 cm³/mol. The number of hydrogen-bond donors (Lipinski definition) is 1. The summed E-state index contributed by atoms with van der Waals surface area (Å²) in [5.41, 5.74) is 1.96. The van der Waals surface area contributed by atoms with Crippen LogP contribution in [0, 0.1) is 5.82 Å². The monoisotopic (exact) mass is 409 g/mol. The van der Waals surface area contributed by atoms with E-state index in [1.165, 1.54) is 24.3 Å². The standard InChI is InChI=1S/C21H16FN3O3S/c22-17-10-6-15(7-11-17)14-20-23-21(24-28-20)16-8-12-18(13-9-16)25-29(26,27)19-4-2-1-3-5-19/h1-13,25H,14H2. The van der Waals surface area contributed by atoms with Gasteiger partial charge in [-0.25, -0.2) is 12.8 Å². The summed E-state index contributed by atoms with van der Waals surface area (Å²) in [5.74, 6) is 0.489. The maximum absolute atomic E-state index is 13.0. The molecule has 8 heteroatoms. The largest absolute Gasteiger partial charge is 0.339 e. The molecule has 1 N–H and O–H groups in total. The Morgan fingerprint density at radius 3 is 2.28 bits per heavy atom. The molecule has 146 valence electrons. The third-order valence-corrected chi connectivity index (χ3v) is 5.58. The van der Waals surface area contributed by atoms with Crippen molar-refractivity contribution in [3.8, 4) is 11.4 Å². The highest BCUT2D eigenvalue weighted by molar-refractivity contribution is 7.92. The predicted octanol–water partition coefficient (Wildman–Crippen LogP) is 4.27. The van der Waals surface area contributed by atoms with E-state index in [-0.39, 0.29) is 10.7 Å². The average Bonchev–Trinajstić information content (AvgIpc) is 3.19. The van der Waals surface area contributed by atoms with Crippen LogP contribution in [0.4, 0.5) is 10.1 Å². The molecule has 1 aromatic heterocycles. The number of hydrogen-bond acceptors (Lipinski definition) is 5. The Bertz CT molecular complexity index is 1210. The summed E-state index contributed by atoms with van der Waals surface area (Å²) in [6.07, 6.45) is 0.391. The van der Waals surface area contributed by atoms with Crippen LogP contribution in [-0.2, 0) is 16.4 Å². The third-order valence-electron chi connectivity index (χ3n) is 4.19. The molecule has 0 fully saturated rings. The first kappa shape index (κ1) is 18.8. The highest BCUT2D eigenvalue weighted by atomic mass is 32.2. The van der Waals surface area contributed by atoms with Gasteiger partial charge in [0.05, 0.1) is 11.3 Å². The SMILES string of the molecule is O=S(=O)(Nc1ccc(-c2noc(Cc3ccc(F)cc3)n2)cc1)c1ccccc1. The van der Waals surface area contributed by atoms with Crippen molar-refractivity contribution < 1.29 is 17.3 Å². The van der Waals surface area contributed by atoms with Gasteiger partial charge < -0.3 is 4.52 Å². The molecule has 0 atom stereocenters. The van der Waals surface area contributed by atoms with Gasteiger partial charge in [0.2, 0.25) is 11.7 Å². The van der Waals surface area contributed by atoms with Gasteiger partial charge >= 0.3 is 0 Å². The quantitative estimate of drug-likeness (QED) is 0.514. The smallest absolute Gasteiger partial charge is 0.261 e. The number of halogens is 1. The van der Waals surface area contributed by atoms with Crippen molar-refractivity contribution in [1.29, 1.82) is 0 Å². The van der Waals surface area contributed by atoms with Crippen LogP contribution in [-0.4, -0.2) is 18.6 Å². The lowest BCUT2D eigenvalue weighted by Gasteiger charge is -2.08. The van der Waals surface area contributed by atoms with Crippen LogP contribution >= 0.6 is 0 Å². The molecule has 4 aromatic rings. The number of aromatic nitrogens is 2. The van der Waals surface area contributed by atoms with Crippen LogP contribution < -0.4 is 4.72 Å². The summed E-state index contributed by atoms with van der Waals surface area (Å²) >= 11 is 0. The van der Waals surface area contributed by atoms with Gasteiger partial charge in [0.25, 0.3) is 10.0 Å². The second-order valence-corrected chi connectivity index (χ2v) is 7.99. The van der Waals surface area contributed by atoms with Crippen LogP contribution in [0.1, 0.15) is 11.5 Å². The van der Waals surface area contributed by atoms with Gasteiger partial charge in [-0.15, -0.1) is 0 Å². The maximum Gasteiger partial charge on any atom is 0.261 e. The molecular formula is C21H16FN3O3S. The molecule has 0 amide bonds. The van der Waals surface area contributed by atoms with E-state index in [1.807, 2.05) is 0 Å². The molecule has 29 heavy (non-hydrogen) atoms. The zero-order chi connectivity index (χ0) is 20.3. The fourth-order valence-corrected chi connectivity index (χ4v) is 3.80. The molecule has 3 aromatic carbocycles. The molecule has 1 heterocycles. The normalized spacial score (nSPS) is 11.3. The van der Waals surface area contributed by atoms with Crippen LogP contribution in [0.5, 0.6) is 0 Å². The molecule has 0 aliphatic heterocycles. The number of sulfonamides is 1. The summed E-state index contributed by atoms with van der Waals surface area (Å²) in [7, 11) is -3.65. The molecular weight excluding hydrogens is 393 g/mol. The van der Waals surface area contributed by atoms with Gasteiger partial charge in [-0.3, -0.25) is 4.72 Å². The molecule has 0 bridgehead atoms. The summed E-state index contributed by atoms with van der Waals surface area (Å²) in [6.45, 7) is 0. The van der Waals surface area contributed by atoms with Crippen molar-refractivity contribution in [1.82, 2.24) is 10.1 Å². The van der Waals surface area contributed by atoms with Crippen LogP contribution in [0.15, 0.2) is 88.3 Å². The van der Waals surface area contributed by atoms with Crippen molar-refractivity contribution in [3.05, 3.63) is 96.1 Å². The Hall–Kier alpha value is -3.52. The molecule has 6 nitrogen and oxygen atoms in total. The summed E-state index contributed by atoms with van der Waals surface area (Å²) < 4.78 is 45.5. The van der Waals surface area contributed by atoms with Gasteiger partial charge in [0.15, 0.2) is 0 Å².